The monoisotopic (exact) mass is 306 g/mol. The molecule has 0 saturated carbocycles. The van der Waals surface area contributed by atoms with Crippen LogP contribution in [0.2, 0.25) is 0 Å². The second-order valence-electron chi connectivity index (χ2n) is 4.57. The highest BCUT2D eigenvalue weighted by atomic mass is 32.2. The molecule has 1 fully saturated rings. The van der Waals surface area contributed by atoms with E-state index in [1.54, 1.807) is 40.4 Å². The highest BCUT2D eigenvalue weighted by Crippen LogP contribution is 2.20. The van der Waals surface area contributed by atoms with Crippen molar-refractivity contribution in [2.75, 3.05) is 43.7 Å². The first kappa shape index (κ1) is 16.5. The van der Waals surface area contributed by atoms with Gasteiger partial charge in [-0.05, 0) is 18.4 Å². The van der Waals surface area contributed by atoms with Crippen LogP contribution in [-0.4, -0.2) is 76.6 Å². The van der Waals surface area contributed by atoms with Gasteiger partial charge in [0.2, 0.25) is 0 Å². The van der Waals surface area contributed by atoms with Gasteiger partial charge in [0.05, 0.1) is 12.5 Å². The SMILES string of the molecule is CSCCCN(C)C(=O)N1CCSCC1CC(=O)O. The Kier molecular flexibility index (Phi) is 7.45. The third kappa shape index (κ3) is 5.52. The molecule has 1 N–H and O–H groups in total. The van der Waals surface area contributed by atoms with Crippen LogP contribution in [0.1, 0.15) is 12.8 Å². The van der Waals surface area contributed by atoms with Crippen LogP contribution in [0.15, 0.2) is 0 Å². The van der Waals surface area contributed by atoms with Crippen LogP contribution < -0.4 is 0 Å². The molecule has 1 atom stereocenters. The molecule has 1 unspecified atom stereocenters. The molecule has 19 heavy (non-hydrogen) atoms. The number of amides is 2. The van der Waals surface area contributed by atoms with E-state index in [0.29, 0.717) is 6.54 Å². The Morgan fingerprint density at radius 3 is 2.89 bits per heavy atom. The summed E-state index contributed by atoms with van der Waals surface area (Å²) in [4.78, 5) is 26.6. The Hall–Kier alpha value is -0.560. The van der Waals surface area contributed by atoms with Gasteiger partial charge in [0.15, 0.2) is 0 Å². The van der Waals surface area contributed by atoms with Crippen molar-refractivity contribution >= 4 is 35.5 Å². The summed E-state index contributed by atoms with van der Waals surface area (Å²) in [6.45, 7) is 1.37. The number of urea groups is 1. The third-order valence-electron chi connectivity index (χ3n) is 3.05. The van der Waals surface area contributed by atoms with Crippen LogP contribution in [0.4, 0.5) is 4.79 Å². The van der Waals surface area contributed by atoms with Crippen LogP contribution in [0, 0.1) is 0 Å². The topological polar surface area (TPSA) is 60.9 Å². The minimum Gasteiger partial charge on any atom is -0.481 e. The molecule has 0 radical (unpaired) electrons. The van der Waals surface area contributed by atoms with Gasteiger partial charge in [0.25, 0.3) is 0 Å². The fraction of sp³-hybridized carbons (Fsp3) is 0.833. The number of thioether (sulfide) groups is 2. The zero-order chi connectivity index (χ0) is 14.3. The van der Waals surface area contributed by atoms with E-state index in [2.05, 4.69) is 0 Å². The van der Waals surface area contributed by atoms with E-state index in [0.717, 1.165) is 30.2 Å². The molecule has 1 saturated heterocycles. The largest absolute Gasteiger partial charge is 0.481 e. The van der Waals surface area contributed by atoms with E-state index in [-0.39, 0.29) is 18.5 Å². The zero-order valence-corrected chi connectivity index (χ0v) is 13.1. The Labute approximate surface area is 123 Å². The molecular weight excluding hydrogens is 284 g/mol. The first-order valence-electron chi connectivity index (χ1n) is 6.36. The zero-order valence-electron chi connectivity index (χ0n) is 11.5. The van der Waals surface area contributed by atoms with E-state index in [1.165, 1.54) is 0 Å². The van der Waals surface area contributed by atoms with Crippen LogP contribution in [0.3, 0.4) is 0 Å². The number of rotatable bonds is 6. The average molecular weight is 306 g/mol. The fourth-order valence-electron chi connectivity index (χ4n) is 2.04. The first-order chi connectivity index (χ1) is 9.06. The Bertz CT molecular complexity index is 315. The summed E-state index contributed by atoms with van der Waals surface area (Å²) in [6, 6.07) is -0.209. The predicted octanol–water partition coefficient (Wildman–Crippen LogP) is 1.68. The summed E-state index contributed by atoms with van der Waals surface area (Å²) in [7, 11) is 1.79. The quantitative estimate of drug-likeness (QED) is 0.757. The summed E-state index contributed by atoms with van der Waals surface area (Å²) in [5, 5.41) is 8.91. The van der Waals surface area contributed by atoms with Crippen molar-refractivity contribution in [3.8, 4) is 0 Å². The lowest BCUT2D eigenvalue weighted by Crippen LogP contribution is -2.51. The first-order valence-corrected chi connectivity index (χ1v) is 8.91. The average Bonchev–Trinajstić information content (AvgIpc) is 2.38. The molecule has 0 aromatic heterocycles. The van der Waals surface area contributed by atoms with Crippen LogP contribution in [-0.2, 0) is 4.79 Å². The fourth-order valence-corrected chi connectivity index (χ4v) is 3.52. The Morgan fingerprint density at radius 1 is 1.53 bits per heavy atom. The molecule has 1 rings (SSSR count). The molecule has 1 aliphatic heterocycles. The van der Waals surface area contributed by atoms with Gasteiger partial charge >= 0.3 is 12.0 Å². The summed E-state index contributed by atoms with van der Waals surface area (Å²) in [5.41, 5.74) is 0. The van der Waals surface area contributed by atoms with Crippen molar-refractivity contribution in [1.82, 2.24) is 9.80 Å². The van der Waals surface area contributed by atoms with E-state index < -0.39 is 5.97 Å². The number of nitrogens with zero attached hydrogens (tertiary/aromatic N) is 2. The predicted molar refractivity (Wildman–Crippen MR) is 81.1 cm³/mol. The minimum atomic E-state index is -0.838. The maximum Gasteiger partial charge on any atom is 0.320 e. The Morgan fingerprint density at radius 2 is 2.26 bits per heavy atom. The van der Waals surface area contributed by atoms with Crippen molar-refractivity contribution in [2.45, 2.75) is 18.9 Å². The molecule has 0 aromatic carbocycles. The minimum absolute atomic E-state index is 0.0346. The molecule has 5 nitrogen and oxygen atoms in total. The molecule has 2 amide bonds. The summed E-state index contributed by atoms with van der Waals surface area (Å²) < 4.78 is 0. The number of hydrogen-bond acceptors (Lipinski definition) is 4. The van der Waals surface area contributed by atoms with E-state index in [9.17, 15) is 9.59 Å². The van der Waals surface area contributed by atoms with E-state index in [4.69, 9.17) is 5.11 Å². The van der Waals surface area contributed by atoms with Gasteiger partial charge < -0.3 is 14.9 Å². The van der Waals surface area contributed by atoms with Gasteiger partial charge in [-0.2, -0.15) is 23.5 Å². The molecule has 1 aliphatic rings. The summed E-state index contributed by atoms with van der Waals surface area (Å²) in [5.74, 6) is 1.80. The van der Waals surface area contributed by atoms with Crippen molar-refractivity contribution in [2.24, 2.45) is 0 Å². The maximum atomic E-state index is 12.3. The molecule has 0 aromatic rings. The number of carboxylic acid groups (broad SMARTS) is 1. The van der Waals surface area contributed by atoms with Gasteiger partial charge in [0, 0.05) is 31.6 Å². The lowest BCUT2D eigenvalue weighted by molar-refractivity contribution is -0.138. The van der Waals surface area contributed by atoms with Crippen molar-refractivity contribution in [3.63, 3.8) is 0 Å². The molecule has 0 bridgehead atoms. The summed E-state index contributed by atoms with van der Waals surface area (Å²) in [6.07, 6.45) is 3.06. The van der Waals surface area contributed by atoms with Gasteiger partial charge in [-0.3, -0.25) is 4.79 Å². The number of carbonyl (C=O) groups is 2. The van der Waals surface area contributed by atoms with Gasteiger partial charge in [-0.1, -0.05) is 0 Å². The van der Waals surface area contributed by atoms with Crippen molar-refractivity contribution < 1.29 is 14.7 Å². The van der Waals surface area contributed by atoms with Gasteiger partial charge in [0.1, 0.15) is 0 Å². The molecular formula is C12H22N2O3S2. The van der Waals surface area contributed by atoms with Crippen LogP contribution in [0.25, 0.3) is 0 Å². The molecule has 0 aliphatic carbocycles. The van der Waals surface area contributed by atoms with Crippen molar-refractivity contribution in [3.05, 3.63) is 0 Å². The number of aliphatic carboxylic acids is 1. The highest BCUT2D eigenvalue weighted by molar-refractivity contribution is 7.99. The standard InChI is InChI=1S/C12H22N2O3S2/c1-13(4-3-6-18-2)12(17)14-5-7-19-9-10(14)8-11(15)16/h10H,3-9H2,1-2H3,(H,15,16). The normalized spacial score (nSPS) is 19.3. The molecule has 110 valence electrons. The smallest absolute Gasteiger partial charge is 0.320 e. The lowest BCUT2D eigenvalue weighted by atomic mass is 10.2. The second-order valence-corrected chi connectivity index (χ2v) is 6.71. The lowest BCUT2D eigenvalue weighted by Gasteiger charge is -2.37. The molecule has 1 heterocycles. The van der Waals surface area contributed by atoms with E-state index >= 15 is 0 Å². The number of carboxylic acids is 1. The number of carbonyl (C=O) groups excluding carboxylic acids is 1. The van der Waals surface area contributed by atoms with Crippen molar-refractivity contribution in [1.29, 1.82) is 0 Å². The van der Waals surface area contributed by atoms with Crippen LogP contribution in [0.5, 0.6) is 0 Å². The van der Waals surface area contributed by atoms with Gasteiger partial charge in [-0.25, -0.2) is 4.79 Å². The van der Waals surface area contributed by atoms with Gasteiger partial charge in [-0.15, -0.1) is 0 Å². The Balaban J connectivity index is 2.53. The highest BCUT2D eigenvalue weighted by Gasteiger charge is 2.30. The molecule has 7 heteroatoms. The maximum absolute atomic E-state index is 12.3. The van der Waals surface area contributed by atoms with Crippen LogP contribution >= 0.6 is 23.5 Å². The molecule has 0 spiro atoms. The van der Waals surface area contributed by atoms with E-state index in [1.807, 2.05) is 6.26 Å². The summed E-state index contributed by atoms with van der Waals surface area (Å²) >= 11 is 3.49. The third-order valence-corrected chi connectivity index (χ3v) is 4.84. The number of hydrogen-bond donors (Lipinski definition) is 1. The second kappa shape index (κ2) is 8.58.